The predicted octanol–water partition coefficient (Wildman–Crippen LogP) is 2.10. The Labute approximate surface area is 236 Å². The summed E-state index contributed by atoms with van der Waals surface area (Å²) in [6.45, 7) is 6.17. The Hall–Kier alpha value is -3.80. The van der Waals surface area contributed by atoms with Crippen molar-refractivity contribution in [3.05, 3.63) is 57.6 Å². The Balaban J connectivity index is 1.71. The molecule has 11 heteroatoms. The molecule has 0 aliphatic heterocycles. The fourth-order valence-corrected chi connectivity index (χ4v) is 6.91. The molecule has 1 fully saturated rings. The molecule has 2 aromatic rings. The molecule has 4 atom stereocenters. The van der Waals surface area contributed by atoms with Crippen LogP contribution in [-0.2, 0) is 27.3 Å². The first-order chi connectivity index (χ1) is 19.3. The Bertz CT molecular complexity index is 1580. The number of carbonyl (C=O) groups is 3. The molecule has 0 heterocycles. The van der Waals surface area contributed by atoms with Crippen molar-refractivity contribution in [3.8, 4) is 5.75 Å². The first kappa shape index (κ1) is 28.7. The van der Waals surface area contributed by atoms with Gasteiger partial charge in [0.1, 0.15) is 28.7 Å². The van der Waals surface area contributed by atoms with Crippen LogP contribution in [0.5, 0.6) is 5.75 Å². The smallest absolute Gasteiger partial charge is 0.255 e. The Morgan fingerprint density at radius 2 is 1.78 bits per heavy atom. The van der Waals surface area contributed by atoms with E-state index in [1.165, 1.54) is 19.0 Å². The number of halogens is 1. The molecule has 1 saturated carbocycles. The van der Waals surface area contributed by atoms with Crippen molar-refractivity contribution >= 4 is 34.0 Å². The summed E-state index contributed by atoms with van der Waals surface area (Å²) in [6, 6.07) is 3.81. The van der Waals surface area contributed by atoms with E-state index >= 15 is 4.39 Å². The lowest BCUT2D eigenvalue weighted by atomic mass is 9.57. The number of Topliss-reactive ketones (excluding diaryl/α,β-unsaturated/α-hetero) is 2. The standard InChI is InChI=1S/C30H34FN3O7/c1-5-34(6-2)12-13-7-8-15-16(9-13)24(35)20-17(22(15)31)10-14-11-18-23(33(3)4)26(37)21(29(32)40)28(39)30(18,41)27(38)19(14)25(20)36/h7-9,14,18,23,35-36,39,41H,5-6,10-12H2,1-4H3,(H2,32,40)/t14-,18-,23-,30-/m0/s1. The third-order valence-corrected chi connectivity index (χ3v) is 8.99. The second-order valence-electron chi connectivity index (χ2n) is 11.3. The molecular weight excluding hydrogens is 533 g/mol. The van der Waals surface area contributed by atoms with Crippen molar-refractivity contribution in [3.63, 3.8) is 0 Å². The first-order valence-electron chi connectivity index (χ1n) is 13.6. The van der Waals surface area contributed by atoms with Gasteiger partial charge in [-0.3, -0.25) is 24.2 Å². The first-order valence-corrected chi connectivity index (χ1v) is 13.6. The largest absolute Gasteiger partial charge is 0.508 e. The minimum atomic E-state index is -2.74. The maximum Gasteiger partial charge on any atom is 0.255 e. The average molecular weight is 568 g/mol. The molecule has 218 valence electrons. The number of benzene rings is 2. The van der Waals surface area contributed by atoms with E-state index in [1.807, 2.05) is 13.8 Å². The van der Waals surface area contributed by atoms with E-state index in [0.717, 1.165) is 18.7 Å². The zero-order chi connectivity index (χ0) is 30.1. The number of rotatable bonds is 6. The number of fused-ring (bicyclic) bond motifs is 4. The van der Waals surface area contributed by atoms with Gasteiger partial charge in [-0.25, -0.2) is 4.39 Å². The lowest BCUT2D eigenvalue weighted by molar-refractivity contribution is -0.153. The summed E-state index contributed by atoms with van der Waals surface area (Å²) in [5, 5.41) is 45.7. The van der Waals surface area contributed by atoms with E-state index in [1.54, 1.807) is 18.2 Å². The number of nitrogens with two attached hydrogens (primary N) is 1. The number of phenols is 1. The predicted molar refractivity (Wildman–Crippen MR) is 148 cm³/mol. The van der Waals surface area contributed by atoms with Crippen molar-refractivity contribution in [2.75, 3.05) is 27.2 Å². The topological polar surface area (TPSA) is 165 Å². The number of amides is 1. The second-order valence-corrected chi connectivity index (χ2v) is 11.3. The number of phenolic OH excluding ortho intramolecular Hbond substituents is 1. The number of likely N-dealkylation sites (N-methyl/N-ethyl adjacent to an activating group) is 1. The molecule has 0 aromatic heterocycles. The summed E-state index contributed by atoms with van der Waals surface area (Å²) in [7, 11) is 3.04. The molecule has 0 unspecified atom stereocenters. The summed E-state index contributed by atoms with van der Waals surface area (Å²) in [5.41, 5.74) is 1.98. The Kier molecular flexibility index (Phi) is 6.96. The van der Waals surface area contributed by atoms with Crippen molar-refractivity contribution < 1.29 is 39.2 Å². The minimum Gasteiger partial charge on any atom is -0.508 e. The van der Waals surface area contributed by atoms with Crippen molar-refractivity contribution in [1.82, 2.24) is 9.80 Å². The summed E-state index contributed by atoms with van der Waals surface area (Å²) >= 11 is 0. The van der Waals surface area contributed by atoms with Crippen LogP contribution in [0.1, 0.15) is 37.0 Å². The van der Waals surface area contributed by atoms with Gasteiger partial charge in [0.05, 0.1) is 11.6 Å². The minimum absolute atomic E-state index is 0.0112. The number of primary amides is 1. The van der Waals surface area contributed by atoms with E-state index in [9.17, 15) is 34.8 Å². The SMILES string of the molecule is CCN(CC)Cc1ccc2c(F)c3c(c(O)c2c1)C(O)=C1C(=O)[C@]2(O)C(O)=C(C(N)=O)C(=O)[C@@H](N(C)C)[C@@H]2C[C@@H]1C3. The quantitative estimate of drug-likeness (QED) is 0.329. The summed E-state index contributed by atoms with van der Waals surface area (Å²) in [4.78, 5) is 42.8. The average Bonchev–Trinajstić information content (AvgIpc) is 2.91. The van der Waals surface area contributed by atoms with E-state index in [4.69, 9.17) is 5.73 Å². The summed E-state index contributed by atoms with van der Waals surface area (Å²) < 4.78 is 16.0. The number of hydrogen-bond donors (Lipinski definition) is 5. The van der Waals surface area contributed by atoms with Crippen LogP contribution in [0.3, 0.4) is 0 Å². The number of carbonyl (C=O) groups excluding carboxylic acids is 3. The molecule has 3 aliphatic carbocycles. The van der Waals surface area contributed by atoms with Crippen LogP contribution in [0.4, 0.5) is 4.39 Å². The van der Waals surface area contributed by atoms with Crippen LogP contribution in [0.2, 0.25) is 0 Å². The van der Waals surface area contributed by atoms with Crippen LogP contribution in [0.15, 0.2) is 35.1 Å². The zero-order valence-corrected chi connectivity index (χ0v) is 23.4. The highest BCUT2D eigenvalue weighted by molar-refractivity contribution is 6.24. The molecule has 5 rings (SSSR count). The molecule has 10 nitrogen and oxygen atoms in total. The lowest BCUT2D eigenvalue weighted by Crippen LogP contribution is -2.65. The number of aliphatic hydroxyl groups is 3. The van der Waals surface area contributed by atoms with Gasteiger partial charge in [-0.2, -0.15) is 0 Å². The third-order valence-electron chi connectivity index (χ3n) is 8.99. The molecule has 3 aliphatic rings. The maximum absolute atomic E-state index is 16.0. The van der Waals surface area contributed by atoms with Crippen LogP contribution in [0, 0.1) is 17.7 Å². The van der Waals surface area contributed by atoms with Gasteiger partial charge < -0.3 is 26.2 Å². The van der Waals surface area contributed by atoms with Gasteiger partial charge in [-0.1, -0.05) is 26.0 Å². The Morgan fingerprint density at radius 3 is 2.37 bits per heavy atom. The number of aromatic hydroxyl groups is 1. The summed E-state index contributed by atoms with van der Waals surface area (Å²) in [5.74, 6) is -8.28. The lowest BCUT2D eigenvalue weighted by Gasteiger charge is -2.50. The highest BCUT2D eigenvalue weighted by Crippen LogP contribution is 2.53. The van der Waals surface area contributed by atoms with Gasteiger partial charge in [0, 0.05) is 34.4 Å². The molecule has 0 saturated heterocycles. The van der Waals surface area contributed by atoms with Gasteiger partial charge in [0.2, 0.25) is 5.78 Å². The fraction of sp³-hybridized carbons (Fsp3) is 0.433. The van der Waals surface area contributed by atoms with Gasteiger partial charge in [-0.05, 0) is 57.6 Å². The van der Waals surface area contributed by atoms with Gasteiger partial charge in [0.25, 0.3) is 5.91 Å². The molecule has 41 heavy (non-hydrogen) atoms. The van der Waals surface area contributed by atoms with E-state index in [2.05, 4.69) is 4.90 Å². The van der Waals surface area contributed by atoms with Crippen LogP contribution >= 0.6 is 0 Å². The van der Waals surface area contributed by atoms with Crippen LogP contribution < -0.4 is 5.73 Å². The molecule has 2 aromatic carbocycles. The van der Waals surface area contributed by atoms with Crippen LogP contribution in [-0.4, -0.2) is 86.5 Å². The van der Waals surface area contributed by atoms with Gasteiger partial charge in [-0.15, -0.1) is 0 Å². The van der Waals surface area contributed by atoms with Gasteiger partial charge in [0.15, 0.2) is 11.4 Å². The van der Waals surface area contributed by atoms with Crippen molar-refractivity contribution in [2.24, 2.45) is 17.6 Å². The highest BCUT2D eigenvalue weighted by atomic mass is 19.1. The molecule has 1 amide bonds. The number of nitrogens with zero attached hydrogens (tertiary/aromatic N) is 2. The second kappa shape index (κ2) is 9.93. The highest BCUT2D eigenvalue weighted by Gasteiger charge is 2.64. The van der Waals surface area contributed by atoms with Crippen molar-refractivity contribution in [2.45, 2.75) is 44.9 Å². The zero-order valence-electron chi connectivity index (χ0n) is 23.4. The fourth-order valence-electron chi connectivity index (χ4n) is 6.91. The normalized spacial score (nSPS) is 26.1. The number of aliphatic hydroxyl groups excluding tert-OH is 2. The molecular formula is C30H34FN3O7. The van der Waals surface area contributed by atoms with Crippen LogP contribution in [0.25, 0.3) is 16.5 Å². The Morgan fingerprint density at radius 1 is 1.12 bits per heavy atom. The molecule has 0 radical (unpaired) electrons. The van der Waals surface area contributed by atoms with Crippen molar-refractivity contribution in [1.29, 1.82) is 0 Å². The van der Waals surface area contributed by atoms with E-state index in [0.29, 0.717) is 6.54 Å². The molecule has 0 bridgehead atoms. The van der Waals surface area contributed by atoms with Gasteiger partial charge >= 0.3 is 0 Å². The maximum atomic E-state index is 16.0. The van der Waals surface area contributed by atoms with E-state index in [-0.39, 0.29) is 40.3 Å². The van der Waals surface area contributed by atoms with E-state index < -0.39 is 69.6 Å². The number of ketones is 2. The monoisotopic (exact) mass is 567 g/mol. The molecule has 0 spiro atoms. The summed E-state index contributed by atoms with van der Waals surface area (Å²) in [6.07, 6.45) is -0.210. The molecule has 6 N–H and O–H groups in total. The number of hydrogen-bond acceptors (Lipinski definition) is 9. The third kappa shape index (κ3) is 3.98.